The van der Waals surface area contributed by atoms with Crippen molar-refractivity contribution in [2.75, 3.05) is 0 Å². The van der Waals surface area contributed by atoms with Gasteiger partial charge in [-0.3, -0.25) is 0 Å². The first-order chi connectivity index (χ1) is 9.40. The molecular formula is C16H11N3. The van der Waals surface area contributed by atoms with Crippen LogP contribution in [-0.4, -0.2) is 0 Å². The third-order valence-electron chi connectivity index (χ3n) is 3.22. The van der Waals surface area contributed by atoms with Gasteiger partial charge in [-0.1, -0.05) is 53.4 Å². The number of azide groups is 1. The third-order valence-corrected chi connectivity index (χ3v) is 3.22. The Labute approximate surface area is 111 Å². The Morgan fingerprint density at radius 1 is 1.11 bits per heavy atom. The lowest BCUT2D eigenvalue weighted by Crippen LogP contribution is -1.95. The molecule has 0 saturated carbocycles. The first-order valence-corrected chi connectivity index (χ1v) is 6.15. The van der Waals surface area contributed by atoms with Crippen molar-refractivity contribution in [1.29, 1.82) is 0 Å². The normalized spacial score (nSPS) is 11.8. The molecule has 0 radical (unpaired) electrons. The summed E-state index contributed by atoms with van der Waals surface area (Å²) in [4.78, 5) is 2.92. The van der Waals surface area contributed by atoms with Crippen LogP contribution >= 0.6 is 0 Å². The fourth-order valence-electron chi connectivity index (χ4n) is 2.40. The van der Waals surface area contributed by atoms with Crippen molar-refractivity contribution in [3.8, 4) is 23.0 Å². The number of hydrogen-bond acceptors (Lipinski definition) is 1. The molecule has 0 fully saturated rings. The van der Waals surface area contributed by atoms with Gasteiger partial charge in [0.05, 0.1) is 0 Å². The summed E-state index contributed by atoms with van der Waals surface area (Å²) in [5.41, 5.74) is 13.6. The first-order valence-electron chi connectivity index (χ1n) is 6.15. The summed E-state index contributed by atoms with van der Waals surface area (Å²) in [5.74, 6) is 6.34. The van der Waals surface area contributed by atoms with Crippen molar-refractivity contribution >= 4 is 5.69 Å². The third kappa shape index (κ3) is 2.06. The number of benzene rings is 2. The molecule has 3 rings (SSSR count). The molecule has 0 amide bonds. The molecule has 0 heterocycles. The Hall–Kier alpha value is -2.69. The molecule has 3 nitrogen and oxygen atoms in total. The number of hydrogen-bond donors (Lipinski definition) is 0. The highest BCUT2D eigenvalue weighted by molar-refractivity contribution is 5.83. The highest BCUT2D eigenvalue weighted by atomic mass is 15.1. The molecule has 0 aliphatic heterocycles. The molecule has 0 spiro atoms. The van der Waals surface area contributed by atoms with Crippen molar-refractivity contribution in [2.24, 2.45) is 5.11 Å². The second-order valence-electron chi connectivity index (χ2n) is 4.35. The van der Waals surface area contributed by atoms with E-state index in [2.05, 4.69) is 34.0 Å². The van der Waals surface area contributed by atoms with Crippen LogP contribution < -0.4 is 0 Å². The summed E-state index contributed by atoms with van der Waals surface area (Å²) in [6, 6.07) is 13.9. The molecule has 90 valence electrons. The average molecular weight is 245 g/mol. The van der Waals surface area contributed by atoms with Crippen molar-refractivity contribution in [1.82, 2.24) is 0 Å². The molecule has 1 aliphatic rings. The predicted octanol–water partition coefficient (Wildman–Crippen LogP) is 4.59. The van der Waals surface area contributed by atoms with Crippen LogP contribution in [0.15, 0.2) is 47.6 Å². The average Bonchev–Trinajstić information content (AvgIpc) is 2.42. The van der Waals surface area contributed by atoms with Crippen LogP contribution in [0.4, 0.5) is 5.69 Å². The van der Waals surface area contributed by atoms with E-state index in [1.54, 1.807) is 0 Å². The second-order valence-corrected chi connectivity index (χ2v) is 4.35. The van der Waals surface area contributed by atoms with E-state index < -0.39 is 0 Å². The summed E-state index contributed by atoms with van der Waals surface area (Å²) < 4.78 is 0. The number of aryl methyl sites for hydroxylation is 1. The Morgan fingerprint density at radius 2 is 2.00 bits per heavy atom. The van der Waals surface area contributed by atoms with Crippen molar-refractivity contribution in [3.63, 3.8) is 0 Å². The fraction of sp³-hybridized carbons (Fsp3) is 0.125. The molecule has 0 aromatic heterocycles. The van der Waals surface area contributed by atoms with E-state index in [1.165, 1.54) is 5.56 Å². The largest absolute Gasteiger partial charge is 0.0975 e. The van der Waals surface area contributed by atoms with Gasteiger partial charge in [-0.15, -0.1) is 0 Å². The van der Waals surface area contributed by atoms with Crippen LogP contribution in [-0.2, 0) is 6.42 Å². The molecular weight excluding hydrogens is 234 g/mol. The van der Waals surface area contributed by atoms with E-state index in [-0.39, 0.29) is 0 Å². The standard InChI is InChI=1S/C16H11N3/c17-19-18-15-11-5-9-13-8-2-1-6-12-7-3-4-10-14(12)16(13)15/h3-5,7,9-11H,1,6H2. The first kappa shape index (κ1) is 11.4. The smallest absolute Gasteiger partial charge is 0.0466 e. The predicted molar refractivity (Wildman–Crippen MR) is 75.9 cm³/mol. The minimum Gasteiger partial charge on any atom is -0.0975 e. The lowest BCUT2D eigenvalue weighted by molar-refractivity contribution is 1.03. The molecule has 2 aromatic carbocycles. The topological polar surface area (TPSA) is 48.8 Å². The van der Waals surface area contributed by atoms with Gasteiger partial charge >= 0.3 is 0 Å². The highest BCUT2D eigenvalue weighted by Gasteiger charge is 2.13. The van der Waals surface area contributed by atoms with Gasteiger partial charge in [0.2, 0.25) is 0 Å². The van der Waals surface area contributed by atoms with Crippen LogP contribution in [0, 0.1) is 11.8 Å². The molecule has 0 unspecified atom stereocenters. The lowest BCUT2D eigenvalue weighted by atomic mass is 9.90. The zero-order chi connectivity index (χ0) is 13.1. The van der Waals surface area contributed by atoms with Crippen LogP contribution in [0.25, 0.3) is 21.6 Å². The molecule has 0 N–H and O–H groups in total. The summed E-state index contributed by atoms with van der Waals surface area (Å²) >= 11 is 0. The molecule has 0 atom stereocenters. The summed E-state index contributed by atoms with van der Waals surface area (Å²) in [7, 11) is 0. The number of rotatable bonds is 1. The monoisotopic (exact) mass is 245 g/mol. The minimum absolute atomic E-state index is 0.642. The van der Waals surface area contributed by atoms with E-state index in [1.807, 2.05) is 30.3 Å². The van der Waals surface area contributed by atoms with Crippen molar-refractivity contribution < 1.29 is 0 Å². The molecule has 0 bridgehead atoms. The zero-order valence-corrected chi connectivity index (χ0v) is 10.3. The summed E-state index contributed by atoms with van der Waals surface area (Å²) in [6.07, 6.45) is 1.77. The van der Waals surface area contributed by atoms with Crippen LogP contribution in [0.5, 0.6) is 0 Å². The molecule has 0 saturated heterocycles. The van der Waals surface area contributed by atoms with Gasteiger partial charge < -0.3 is 0 Å². The minimum atomic E-state index is 0.642. The van der Waals surface area contributed by atoms with E-state index in [4.69, 9.17) is 5.53 Å². The van der Waals surface area contributed by atoms with Crippen molar-refractivity contribution in [3.05, 3.63) is 64.0 Å². The van der Waals surface area contributed by atoms with Crippen LogP contribution in [0.1, 0.15) is 17.5 Å². The van der Waals surface area contributed by atoms with Crippen LogP contribution in [0.2, 0.25) is 0 Å². The Bertz CT molecular complexity index is 744. The Morgan fingerprint density at radius 3 is 2.89 bits per heavy atom. The molecule has 2 aromatic rings. The summed E-state index contributed by atoms with van der Waals surface area (Å²) in [5, 5.41) is 3.80. The van der Waals surface area contributed by atoms with Gasteiger partial charge in [-0.2, -0.15) is 0 Å². The van der Waals surface area contributed by atoms with Gasteiger partial charge in [-0.25, -0.2) is 0 Å². The van der Waals surface area contributed by atoms with Gasteiger partial charge in [-0.05, 0) is 29.1 Å². The maximum Gasteiger partial charge on any atom is 0.0466 e. The number of nitrogens with zero attached hydrogens (tertiary/aromatic N) is 3. The highest BCUT2D eigenvalue weighted by Crippen LogP contribution is 2.36. The van der Waals surface area contributed by atoms with E-state index in [0.29, 0.717) is 5.69 Å². The SMILES string of the molecule is [N-]=[N+]=Nc1cccc2c1-c1ccccc1CCC#C2. The van der Waals surface area contributed by atoms with E-state index >= 15 is 0 Å². The number of fused-ring (bicyclic) bond motifs is 3. The summed E-state index contributed by atoms with van der Waals surface area (Å²) in [6.45, 7) is 0. The second kappa shape index (κ2) is 4.89. The van der Waals surface area contributed by atoms with Gasteiger partial charge in [0, 0.05) is 28.1 Å². The van der Waals surface area contributed by atoms with Gasteiger partial charge in [0.1, 0.15) is 0 Å². The maximum absolute atomic E-state index is 8.72. The van der Waals surface area contributed by atoms with Gasteiger partial charge in [0.15, 0.2) is 0 Å². The quantitative estimate of drug-likeness (QED) is 0.305. The maximum atomic E-state index is 8.72. The Balaban J connectivity index is 2.38. The molecule has 3 heteroatoms. The Kier molecular flexibility index (Phi) is 2.94. The molecule has 19 heavy (non-hydrogen) atoms. The van der Waals surface area contributed by atoms with Crippen LogP contribution in [0.3, 0.4) is 0 Å². The fourth-order valence-corrected chi connectivity index (χ4v) is 2.40. The van der Waals surface area contributed by atoms with E-state index in [9.17, 15) is 0 Å². The van der Waals surface area contributed by atoms with Gasteiger partial charge in [0.25, 0.3) is 0 Å². The lowest BCUT2D eigenvalue weighted by Gasteiger charge is -2.14. The van der Waals surface area contributed by atoms with Crippen molar-refractivity contribution in [2.45, 2.75) is 12.8 Å². The van der Waals surface area contributed by atoms with E-state index in [0.717, 1.165) is 29.5 Å². The molecule has 1 aliphatic carbocycles. The zero-order valence-electron chi connectivity index (χ0n) is 10.3.